The molecule has 0 saturated carbocycles. The number of aromatic nitrogens is 5. The lowest BCUT2D eigenvalue weighted by Gasteiger charge is -2.28. The molecule has 1 atom stereocenters. The SMILES string of the molecule is Cn1ccnc1-c1nnn2c1CN(C(=O)C[C@H](N)Cc1cc(F)c(F)cc1F)CC2. The van der Waals surface area contributed by atoms with Crippen LogP contribution in [0, 0.1) is 17.5 Å². The van der Waals surface area contributed by atoms with Crippen LogP contribution in [0.4, 0.5) is 13.2 Å². The average Bonchev–Trinajstić information content (AvgIpc) is 3.31. The first-order valence-corrected chi connectivity index (χ1v) is 9.40. The van der Waals surface area contributed by atoms with Crippen LogP contribution in [-0.2, 0) is 31.4 Å². The molecule has 0 spiro atoms. The first kappa shape index (κ1) is 20.1. The number of fused-ring (bicyclic) bond motifs is 1. The summed E-state index contributed by atoms with van der Waals surface area (Å²) in [7, 11) is 1.84. The van der Waals surface area contributed by atoms with Crippen molar-refractivity contribution in [3.63, 3.8) is 0 Å². The van der Waals surface area contributed by atoms with Gasteiger partial charge in [0.05, 0.1) is 18.8 Å². The average molecular weight is 419 g/mol. The first-order valence-electron chi connectivity index (χ1n) is 9.40. The molecular formula is C19H20F3N7O. The minimum absolute atomic E-state index is 0.0578. The molecule has 0 fully saturated rings. The van der Waals surface area contributed by atoms with Gasteiger partial charge in [0.1, 0.15) is 5.82 Å². The van der Waals surface area contributed by atoms with Gasteiger partial charge in [0, 0.05) is 44.5 Å². The highest BCUT2D eigenvalue weighted by Gasteiger charge is 2.28. The van der Waals surface area contributed by atoms with E-state index in [1.807, 2.05) is 11.6 Å². The van der Waals surface area contributed by atoms with Crippen molar-refractivity contribution in [3.8, 4) is 11.5 Å². The summed E-state index contributed by atoms with van der Waals surface area (Å²) in [5, 5.41) is 8.33. The predicted octanol–water partition coefficient (Wildman–Crippen LogP) is 1.40. The van der Waals surface area contributed by atoms with E-state index in [1.54, 1.807) is 22.0 Å². The summed E-state index contributed by atoms with van der Waals surface area (Å²) in [5.41, 5.74) is 7.31. The van der Waals surface area contributed by atoms with Crippen LogP contribution in [0.3, 0.4) is 0 Å². The van der Waals surface area contributed by atoms with Crippen molar-refractivity contribution in [3.05, 3.63) is 53.2 Å². The Kier molecular flexibility index (Phi) is 5.29. The summed E-state index contributed by atoms with van der Waals surface area (Å²) in [5.74, 6) is -2.87. The van der Waals surface area contributed by atoms with Crippen LogP contribution in [0.15, 0.2) is 24.5 Å². The highest BCUT2D eigenvalue weighted by atomic mass is 19.2. The van der Waals surface area contributed by atoms with Gasteiger partial charge in [-0.25, -0.2) is 22.8 Å². The summed E-state index contributed by atoms with van der Waals surface area (Å²) in [6, 6.07) is 0.520. The molecule has 4 rings (SSSR count). The van der Waals surface area contributed by atoms with Crippen LogP contribution in [0.5, 0.6) is 0 Å². The summed E-state index contributed by atoms with van der Waals surface area (Å²) in [6.07, 6.45) is 3.31. The third kappa shape index (κ3) is 3.80. The maximum atomic E-state index is 13.8. The fourth-order valence-electron chi connectivity index (χ4n) is 3.55. The van der Waals surface area contributed by atoms with Gasteiger partial charge in [0.15, 0.2) is 23.2 Å². The number of carbonyl (C=O) groups is 1. The van der Waals surface area contributed by atoms with Crippen molar-refractivity contribution in [1.82, 2.24) is 29.4 Å². The van der Waals surface area contributed by atoms with E-state index in [0.29, 0.717) is 37.2 Å². The second kappa shape index (κ2) is 7.90. The molecule has 1 aromatic carbocycles. The van der Waals surface area contributed by atoms with E-state index in [0.717, 1.165) is 11.8 Å². The minimum Gasteiger partial charge on any atom is -0.335 e. The number of amides is 1. The lowest BCUT2D eigenvalue weighted by Crippen LogP contribution is -2.41. The lowest BCUT2D eigenvalue weighted by molar-refractivity contribution is -0.133. The number of aryl methyl sites for hydroxylation is 1. The Morgan fingerprint density at radius 3 is 2.70 bits per heavy atom. The van der Waals surface area contributed by atoms with Gasteiger partial charge in [-0.3, -0.25) is 4.79 Å². The zero-order valence-electron chi connectivity index (χ0n) is 16.2. The number of hydrogen-bond donors (Lipinski definition) is 1. The molecule has 2 aromatic heterocycles. The maximum Gasteiger partial charge on any atom is 0.224 e. The molecule has 8 nitrogen and oxygen atoms in total. The number of rotatable bonds is 5. The van der Waals surface area contributed by atoms with Gasteiger partial charge in [-0.1, -0.05) is 5.21 Å². The van der Waals surface area contributed by atoms with Crippen LogP contribution in [-0.4, -0.2) is 47.9 Å². The van der Waals surface area contributed by atoms with Crippen LogP contribution < -0.4 is 5.73 Å². The van der Waals surface area contributed by atoms with Crippen molar-refractivity contribution >= 4 is 5.91 Å². The van der Waals surface area contributed by atoms with Crippen LogP contribution in [0.25, 0.3) is 11.5 Å². The van der Waals surface area contributed by atoms with E-state index < -0.39 is 23.5 Å². The molecule has 0 saturated heterocycles. The number of hydrogen-bond acceptors (Lipinski definition) is 5. The van der Waals surface area contributed by atoms with Gasteiger partial charge in [-0.15, -0.1) is 5.10 Å². The molecule has 1 amide bonds. The molecule has 0 aliphatic carbocycles. The second-order valence-electron chi connectivity index (χ2n) is 7.31. The van der Waals surface area contributed by atoms with Crippen molar-refractivity contribution in [1.29, 1.82) is 0 Å². The smallest absolute Gasteiger partial charge is 0.224 e. The first-order chi connectivity index (χ1) is 14.3. The molecule has 11 heteroatoms. The third-order valence-electron chi connectivity index (χ3n) is 5.15. The number of halogens is 3. The molecule has 158 valence electrons. The van der Waals surface area contributed by atoms with E-state index in [4.69, 9.17) is 5.73 Å². The molecule has 1 aliphatic rings. The molecular weight excluding hydrogens is 399 g/mol. The summed E-state index contributed by atoms with van der Waals surface area (Å²) in [6.45, 7) is 1.20. The van der Waals surface area contributed by atoms with Crippen LogP contribution in [0.2, 0.25) is 0 Å². The second-order valence-corrected chi connectivity index (χ2v) is 7.31. The molecule has 3 heterocycles. The highest BCUT2D eigenvalue weighted by Crippen LogP contribution is 2.24. The van der Waals surface area contributed by atoms with Crippen molar-refractivity contribution in [2.24, 2.45) is 12.8 Å². The quantitative estimate of drug-likeness (QED) is 0.631. The number of carbonyl (C=O) groups excluding carboxylic acids is 1. The summed E-state index contributed by atoms with van der Waals surface area (Å²) >= 11 is 0. The maximum absolute atomic E-state index is 13.8. The molecule has 3 aromatic rings. The van der Waals surface area contributed by atoms with Gasteiger partial charge in [0.25, 0.3) is 0 Å². The van der Waals surface area contributed by atoms with Gasteiger partial charge in [0.2, 0.25) is 5.91 Å². The molecule has 2 N–H and O–H groups in total. The number of nitrogens with two attached hydrogens (primary N) is 1. The molecule has 0 bridgehead atoms. The van der Waals surface area contributed by atoms with E-state index in [2.05, 4.69) is 15.3 Å². The Balaban J connectivity index is 1.44. The lowest BCUT2D eigenvalue weighted by atomic mass is 10.0. The zero-order valence-corrected chi connectivity index (χ0v) is 16.2. The normalized spacial score (nSPS) is 14.6. The summed E-state index contributed by atoms with van der Waals surface area (Å²) in [4.78, 5) is 18.7. The van der Waals surface area contributed by atoms with Crippen LogP contribution >= 0.6 is 0 Å². The topological polar surface area (TPSA) is 94.9 Å². The predicted molar refractivity (Wildman–Crippen MR) is 100 cm³/mol. The Labute approximate surface area is 170 Å². The van der Waals surface area contributed by atoms with Crippen molar-refractivity contribution in [2.45, 2.75) is 32.0 Å². The van der Waals surface area contributed by atoms with Gasteiger partial charge in [-0.2, -0.15) is 0 Å². The monoisotopic (exact) mass is 419 g/mol. The fraction of sp³-hybridized carbons (Fsp3) is 0.368. The molecule has 0 unspecified atom stereocenters. The van der Waals surface area contributed by atoms with E-state index in [9.17, 15) is 18.0 Å². The van der Waals surface area contributed by atoms with E-state index >= 15 is 0 Å². The summed E-state index contributed by atoms with van der Waals surface area (Å²) < 4.78 is 43.9. The molecule has 30 heavy (non-hydrogen) atoms. The van der Waals surface area contributed by atoms with Gasteiger partial charge < -0.3 is 15.2 Å². The third-order valence-corrected chi connectivity index (χ3v) is 5.15. The van der Waals surface area contributed by atoms with Crippen LogP contribution in [0.1, 0.15) is 17.7 Å². The van der Waals surface area contributed by atoms with Crippen molar-refractivity contribution < 1.29 is 18.0 Å². The molecule has 1 aliphatic heterocycles. The minimum atomic E-state index is -1.26. The highest BCUT2D eigenvalue weighted by molar-refractivity contribution is 5.77. The largest absolute Gasteiger partial charge is 0.335 e. The molecule has 0 radical (unpaired) electrons. The Morgan fingerprint density at radius 2 is 1.97 bits per heavy atom. The number of imidazole rings is 1. The Hall–Kier alpha value is -3.21. The fourth-order valence-corrected chi connectivity index (χ4v) is 3.55. The zero-order chi connectivity index (χ0) is 21.4. The Bertz CT molecular complexity index is 1090. The van der Waals surface area contributed by atoms with Gasteiger partial charge >= 0.3 is 0 Å². The number of nitrogens with zero attached hydrogens (tertiary/aromatic N) is 6. The number of benzene rings is 1. The van der Waals surface area contributed by atoms with E-state index in [1.165, 1.54) is 0 Å². The van der Waals surface area contributed by atoms with Gasteiger partial charge in [-0.05, 0) is 18.1 Å². The van der Waals surface area contributed by atoms with Crippen molar-refractivity contribution in [2.75, 3.05) is 6.54 Å². The van der Waals surface area contributed by atoms with E-state index in [-0.39, 0.29) is 24.3 Å². The Morgan fingerprint density at radius 1 is 1.20 bits per heavy atom. The standard InChI is InChI=1S/C19H20F3N7O/c1-27-3-2-24-19(27)18-16-10-28(4-5-29(16)26-25-18)17(30)8-12(23)6-11-7-14(21)15(22)9-13(11)20/h2-3,7,9,12H,4-6,8,10,23H2,1H3/t12-/m1/s1.